The first-order valence-electron chi connectivity index (χ1n) is 12.3. The summed E-state index contributed by atoms with van der Waals surface area (Å²) in [6.45, 7) is 6.37. The fourth-order valence-electron chi connectivity index (χ4n) is 5.99. The van der Waals surface area contributed by atoms with E-state index < -0.39 is 17.6 Å². The van der Waals surface area contributed by atoms with Gasteiger partial charge in [0.25, 0.3) is 0 Å². The summed E-state index contributed by atoms with van der Waals surface area (Å²) in [5.74, 6) is -0.646. The third-order valence-corrected chi connectivity index (χ3v) is 8.50. The van der Waals surface area contributed by atoms with E-state index in [2.05, 4.69) is 4.90 Å². The molecule has 10 nitrogen and oxygen atoms in total. The van der Waals surface area contributed by atoms with Gasteiger partial charge in [-0.15, -0.1) is 0 Å². The summed E-state index contributed by atoms with van der Waals surface area (Å²) in [6.07, 6.45) is 1.07. The highest BCUT2D eigenvalue weighted by atomic mass is 16.5. The second-order valence-corrected chi connectivity index (χ2v) is 10.2. The standard InChI is InChI=1S/C26H31N3O7/c1-15-17(4-5-18-19(15)13-35-23(18)31)20(27(3)25(33)34)12-28-9-6-26(7-10-28)8-11-29(24(26)32)21-14-36-22(30)16(21)2/h4-5,20H,6-14H2,1-3H3,(H,33,34)/t20-/m0/s1. The van der Waals surface area contributed by atoms with Gasteiger partial charge >= 0.3 is 18.0 Å². The molecule has 4 heterocycles. The van der Waals surface area contributed by atoms with E-state index in [1.54, 1.807) is 24.9 Å². The Labute approximate surface area is 209 Å². The van der Waals surface area contributed by atoms with Crippen molar-refractivity contribution in [2.75, 3.05) is 39.8 Å². The van der Waals surface area contributed by atoms with Crippen molar-refractivity contribution in [2.45, 2.75) is 45.8 Å². The van der Waals surface area contributed by atoms with E-state index in [1.165, 1.54) is 4.90 Å². The van der Waals surface area contributed by atoms with Crippen LogP contribution >= 0.6 is 0 Å². The number of piperidine rings is 1. The van der Waals surface area contributed by atoms with Gasteiger partial charge in [-0.3, -0.25) is 4.79 Å². The molecule has 192 valence electrons. The molecule has 2 amide bonds. The summed E-state index contributed by atoms with van der Waals surface area (Å²) in [5, 5.41) is 9.78. The number of esters is 2. The normalized spacial score (nSPS) is 22.2. The average Bonchev–Trinajstić information content (AvgIpc) is 3.50. The zero-order valence-corrected chi connectivity index (χ0v) is 20.8. The van der Waals surface area contributed by atoms with Gasteiger partial charge in [0.05, 0.1) is 28.3 Å². The third kappa shape index (κ3) is 3.84. The van der Waals surface area contributed by atoms with Gasteiger partial charge in [-0.1, -0.05) is 6.07 Å². The van der Waals surface area contributed by atoms with E-state index in [0.29, 0.717) is 55.9 Å². The summed E-state index contributed by atoms with van der Waals surface area (Å²) in [6, 6.07) is 3.12. The molecule has 1 atom stereocenters. The topological polar surface area (TPSA) is 117 Å². The molecule has 0 radical (unpaired) electrons. The lowest BCUT2D eigenvalue weighted by Crippen LogP contribution is -2.47. The summed E-state index contributed by atoms with van der Waals surface area (Å²) in [4.78, 5) is 54.4. The molecule has 1 aromatic rings. The van der Waals surface area contributed by atoms with Crippen molar-refractivity contribution in [1.82, 2.24) is 14.7 Å². The van der Waals surface area contributed by atoms with Crippen LogP contribution in [0.1, 0.15) is 59.3 Å². The Morgan fingerprint density at radius 3 is 2.36 bits per heavy atom. The number of amides is 2. The Bertz CT molecular complexity index is 1180. The minimum atomic E-state index is -1.03. The van der Waals surface area contributed by atoms with E-state index in [9.17, 15) is 24.3 Å². The van der Waals surface area contributed by atoms with Gasteiger partial charge < -0.3 is 29.3 Å². The molecule has 0 aromatic heterocycles. The Kier molecular flexibility index (Phi) is 6.02. The Balaban J connectivity index is 1.31. The lowest BCUT2D eigenvalue weighted by atomic mass is 9.77. The van der Waals surface area contributed by atoms with Gasteiger partial charge in [-0.25, -0.2) is 14.4 Å². The van der Waals surface area contributed by atoms with Crippen molar-refractivity contribution in [3.05, 3.63) is 45.7 Å². The number of hydrogen-bond acceptors (Lipinski definition) is 7. The van der Waals surface area contributed by atoms with Crippen LogP contribution in [0.15, 0.2) is 23.4 Å². The highest BCUT2D eigenvalue weighted by molar-refractivity contribution is 5.94. The molecule has 5 rings (SSSR count). The van der Waals surface area contributed by atoms with Crippen LogP contribution in [0.4, 0.5) is 4.79 Å². The highest BCUT2D eigenvalue weighted by Crippen LogP contribution is 2.44. The minimum Gasteiger partial charge on any atom is -0.465 e. The number of fused-ring (bicyclic) bond motifs is 1. The number of ether oxygens (including phenoxy) is 2. The smallest absolute Gasteiger partial charge is 0.407 e. The van der Waals surface area contributed by atoms with E-state index in [-0.39, 0.29) is 31.1 Å². The Hall–Kier alpha value is -3.40. The van der Waals surface area contributed by atoms with Crippen LogP contribution in [0.5, 0.6) is 0 Å². The fourth-order valence-corrected chi connectivity index (χ4v) is 5.99. The molecule has 36 heavy (non-hydrogen) atoms. The Morgan fingerprint density at radius 1 is 1.06 bits per heavy atom. The second-order valence-electron chi connectivity index (χ2n) is 10.2. The molecule has 0 saturated carbocycles. The largest absolute Gasteiger partial charge is 0.465 e. The number of nitrogens with zero attached hydrogens (tertiary/aromatic N) is 3. The predicted molar refractivity (Wildman–Crippen MR) is 127 cm³/mol. The fraction of sp³-hybridized carbons (Fsp3) is 0.538. The van der Waals surface area contributed by atoms with Gasteiger partial charge in [0.15, 0.2) is 0 Å². The van der Waals surface area contributed by atoms with Crippen LogP contribution in [-0.4, -0.2) is 83.6 Å². The highest BCUT2D eigenvalue weighted by Gasteiger charge is 2.50. The third-order valence-electron chi connectivity index (χ3n) is 8.50. The van der Waals surface area contributed by atoms with Gasteiger partial charge in [0, 0.05) is 25.7 Å². The lowest BCUT2D eigenvalue weighted by Gasteiger charge is -2.40. The van der Waals surface area contributed by atoms with E-state index in [0.717, 1.165) is 23.1 Å². The van der Waals surface area contributed by atoms with Gasteiger partial charge in [0.2, 0.25) is 5.91 Å². The van der Waals surface area contributed by atoms with Crippen molar-refractivity contribution in [1.29, 1.82) is 0 Å². The molecule has 0 aliphatic carbocycles. The molecule has 2 saturated heterocycles. The predicted octanol–water partition coefficient (Wildman–Crippen LogP) is 2.46. The summed E-state index contributed by atoms with van der Waals surface area (Å²) in [7, 11) is 1.56. The number of benzene rings is 1. The molecule has 0 unspecified atom stereocenters. The van der Waals surface area contributed by atoms with Gasteiger partial charge in [-0.2, -0.15) is 0 Å². The molecule has 4 aliphatic heterocycles. The molecule has 1 spiro atoms. The number of carboxylic acid groups (broad SMARTS) is 1. The van der Waals surface area contributed by atoms with E-state index in [1.807, 2.05) is 13.0 Å². The van der Waals surface area contributed by atoms with Crippen molar-refractivity contribution in [2.24, 2.45) is 5.41 Å². The zero-order valence-electron chi connectivity index (χ0n) is 20.8. The molecular formula is C26H31N3O7. The summed E-state index contributed by atoms with van der Waals surface area (Å²) in [5.41, 5.74) is 3.82. The SMILES string of the molecule is CC1=C(N2CCC3(CCN(C[C@@H](c4ccc5c(c4C)COC5=O)N(C)C(=O)O)CC3)C2=O)COC1=O. The van der Waals surface area contributed by atoms with E-state index >= 15 is 0 Å². The second kappa shape index (κ2) is 8.92. The number of cyclic esters (lactones) is 2. The summed E-state index contributed by atoms with van der Waals surface area (Å²) >= 11 is 0. The van der Waals surface area contributed by atoms with Crippen LogP contribution in [0.25, 0.3) is 0 Å². The van der Waals surface area contributed by atoms with Crippen molar-refractivity contribution in [3.8, 4) is 0 Å². The molecule has 4 aliphatic rings. The monoisotopic (exact) mass is 497 g/mol. The number of rotatable bonds is 5. The molecule has 2 fully saturated rings. The molecule has 10 heteroatoms. The first kappa shape index (κ1) is 24.3. The number of likely N-dealkylation sites (tertiary alicyclic amines) is 2. The maximum Gasteiger partial charge on any atom is 0.407 e. The van der Waals surface area contributed by atoms with E-state index in [4.69, 9.17) is 9.47 Å². The van der Waals surface area contributed by atoms with Crippen molar-refractivity contribution < 1.29 is 33.8 Å². The maximum absolute atomic E-state index is 13.4. The molecule has 1 aromatic carbocycles. The quantitative estimate of drug-likeness (QED) is 0.617. The van der Waals surface area contributed by atoms with Crippen molar-refractivity contribution in [3.63, 3.8) is 0 Å². The van der Waals surface area contributed by atoms with Crippen LogP contribution in [-0.2, 0) is 25.7 Å². The maximum atomic E-state index is 13.4. The lowest BCUT2D eigenvalue weighted by molar-refractivity contribution is -0.138. The summed E-state index contributed by atoms with van der Waals surface area (Å²) < 4.78 is 10.3. The molecular weight excluding hydrogens is 466 g/mol. The Morgan fingerprint density at radius 2 is 1.72 bits per heavy atom. The number of carbonyl (C=O) groups excluding carboxylic acids is 3. The zero-order chi connectivity index (χ0) is 25.8. The van der Waals surface area contributed by atoms with Gasteiger partial charge in [-0.05, 0) is 63.4 Å². The number of carbonyl (C=O) groups is 4. The van der Waals surface area contributed by atoms with Crippen LogP contribution < -0.4 is 0 Å². The minimum absolute atomic E-state index is 0.0631. The molecule has 1 N–H and O–H groups in total. The van der Waals surface area contributed by atoms with Gasteiger partial charge in [0.1, 0.15) is 13.2 Å². The van der Waals surface area contributed by atoms with Crippen molar-refractivity contribution >= 4 is 23.9 Å². The number of hydrogen-bond donors (Lipinski definition) is 1. The first-order valence-corrected chi connectivity index (χ1v) is 12.3. The first-order chi connectivity index (χ1) is 17.1. The van der Waals surface area contributed by atoms with Crippen LogP contribution in [0.3, 0.4) is 0 Å². The van der Waals surface area contributed by atoms with Crippen LogP contribution in [0, 0.1) is 12.3 Å². The number of likely N-dealkylation sites (N-methyl/N-ethyl adjacent to an activating group) is 1. The average molecular weight is 498 g/mol. The molecule has 0 bridgehead atoms. The van der Waals surface area contributed by atoms with Crippen LogP contribution in [0.2, 0.25) is 0 Å².